The van der Waals surface area contributed by atoms with Crippen LogP contribution in [0.3, 0.4) is 0 Å². The van der Waals surface area contributed by atoms with Crippen LogP contribution in [0.5, 0.6) is 5.75 Å². The molecular formula is C22H23ClN6O3. The first-order chi connectivity index (χ1) is 15.3. The number of aryl methyl sites for hydroxylation is 1. The summed E-state index contributed by atoms with van der Waals surface area (Å²) in [6, 6.07) is 3.68. The van der Waals surface area contributed by atoms with Gasteiger partial charge >= 0.3 is 6.09 Å². The lowest BCUT2D eigenvalue weighted by Crippen LogP contribution is -2.48. The van der Waals surface area contributed by atoms with Gasteiger partial charge < -0.3 is 25.0 Å². The number of hydrogen-bond donors (Lipinski definition) is 2. The second-order valence-electron chi connectivity index (χ2n) is 7.85. The zero-order valence-corrected chi connectivity index (χ0v) is 18.7. The Morgan fingerprint density at radius 2 is 2.19 bits per heavy atom. The summed E-state index contributed by atoms with van der Waals surface area (Å²) in [6.07, 6.45) is 2.40. The second kappa shape index (κ2) is 8.20. The van der Waals surface area contributed by atoms with Gasteiger partial charge in [-0.05, 0) is 32.4 Å². The average molecular weight is 455 g/mol. The van der Waals surface area contributed by atoms with Crippen LogP contribution in [0.1, 0.15) is 48.1 Å². The Balaban J connectivity index is 1.89. The number of anilines is 1. The molecule has 2 aromatic heterocycles. The van der Waals surface area contributed by atoms with Crippen molar-refractivity contribution in [3.05, 3.63) is 45.9 Å². The van der Waals surface area contributed by atoms with Gasteiger partial charge in [-0.1, -0.05) is 11.6 Å². The molecule has 1 unspecified atom stereocenters. The fourth-order valence-electron chi connectivity index (χ4n) is 4.35. The Morgan fingerprint density at radius 1 is 1.47 bits per heavy atom. The molecule has 1 amide bonds. The highest BCUT2D eigenvalue weighted by Crippen LogP contribution is 2.44. The Hall–Kier alpha value is -3.51. The van der Waals surface area contributed by atoms with Crippen LogP contribution in [0.2, 0.25) is 5.02 Å². The van der Waals surface area contributed by atoms with Gasteiger partial charge in [0.1, 0.15) is 29.6 Å². The van der Waals surface area contributed by atoms with E-state index in [-0.39, 0.29) is 25.0 Å². The van der Waals surface area contributed by atoms with E-state index < -0.39 is 6.09 Å². The Kier molecular flexibility index (Phi) is 5.57. The molecule has 3 heterocycles. The van der Waals surface area contributed by atoms with Gasteiger partial charge in [0.15, 0.2) is 0 Å². The zero-order valence-electron chi connectivity index (χ0n) is 18.0. The van der Waals surface area contributed by atoms with Crippen molar-refractivity contribution in [3.63, 3.8) is 0 Å². The predicted octanol–water partition coefficient (Wildman–Crippen LogP) is 3.93. The summed E-state index contributed by atoms with van der Waals surface area (Å²) in [5.74, 6) is 0.802. The summed E-state index contributed by atoms with van der Waals surface area (Å²) in [7, 11) is 0. The number of rotatable bonds is 5. The van der Waals surface area contributed by atoms with Crippen LogP contribution >= 0.6 is 11.6 Å². The minimum absolute atomic E-state index is 0.173. The quantitative estimate of drug-likeness (QED) is 0.597. The number of ether oxygens (including phenoxy) is 1. The van der Waals surface area contributed by atoms with Gasteiger partial charge in [-0.2, -0.15) is 5.26 Å². The highest BCUT2D eigenvalue weighted by molar-refractivity contribution is 6.32. The van der Waals surface area contributed by atoms with Crippen LogP contribution in [-0.4, -0.2) is 50.3 Å². The van der Waals surface area contributed by atoms with E-state index in [1.807, 2.05) is 31.5 Å². The first kappa shape index (κ1) is 21.7. The van der Waals surface area contributed by atoms with Crippen LogP contribution in [0, 0.1) is 18.3 Å². The van der Waals surface area contributed by atoms with E-state index in [0.717, 1.165) is 16.5 Å². The number of nitriles is 1. The highest BCUT2D eigenvalue weighted by atomic mass is 35.5. The number of carboxylic acid groups (broad SMARTS) is 1. The molecule has 1 aliphatic rings. The summed E-state index contributed by atoms with van der Waals surface area (Å²) in [4.78, 5) is 21.1. The minimum Gasteiger partial charge on any atom is -0.493 e. The lowest BCUT2D eigenvalue weighted by atomic mass is 9.85. The summed E-state index contributed by atoms with van der Waals surface area (Å²) in [5.41, 5.74) is 9.47. The summed E-state index contributed by atoms with van der Waals surface area (Å²) in [6.45, 7) is 6.76. The van der Waals surface area contributed by atoms with Crippen molar-refractivity contribution in [1.29, 1.82) is 5.26 Å². The van der Waals surface area contributed by atoms with Crippen molar-refractivity contribution in [3.8, 4) is 11.8 Å². The first-order valence-electron chi connectivity index (χ1n) is 10.2. The fraction of sp³-hybridized carbons (Fsp3) is 0.364. The van der Waals surface area contributed by atoms with Gasteiger partial charge in [0.25, 0.3) is 0 Å². The lowest BCUT2D eigenvalue weighted by Gasteiger charge is -2.39. The number of benzene rings is 1. The van der Waals surface area contributed by atoms with Crippen molar-refractivity contribution in [2.45, 2.75) is 32.7 Å². The molecule has 1 aliphatic heterocycles. The standard InChI is InChI=1S/C22H23ClN6O3/c1-4-32-19-14(12(3)29-7-11(2)17-20(25)26-10-27-21(17)29)5-16(23)15(6-24)18(19)13-8-28(9-13)22(30)31/h5,7,10,12-13H,4,8-9H2,1-3H3,(H,30,31)(H2,25,26,27). The lowest BCUT2D eigenvalue weighted by molar-refractivity contribution is 0.104. The van der Waals surface area contributed by atoms with Gasteiger partial charge in [0.05, 0.1) is 28.6 Å². The second-order valence-corrected chi connectivity index (χ2v) is 8.25. The molecular weight excluding hydrogens is 432 g/mol. The molecule has 0 bridgehead atoms. The molecule has 10 heteroatoms. The van der Waals surface area contributed by atoms with Crippen LogP contribution in [-0.2, 0) is 0 Å². The molecule has 0 aliphatic carbocycles. The third-order valence-electron chi connectivity index (χ3n) is 5.95. The Morgan fingerprint density at radius 3 is 2.81 bits per heavy atom. The largest absolute Gasteiger partial charge is 0.493 e. The SMILES string of the molecule is CCOc1c(C(C)n2cc(C)c3c(N)ncnc32)cc(Cl)c(C#N)c1C1CN(C(=O)O)C1. The molecule has 0 radical (unpaired) electrons. The maximum Gasteiger partial charge on any atom is 0.407 e. The summed E-state index contributed by atoms with van der Waals surface area (Å²) in [5, 5.41) is 20.1. The van der Waals surface area contributed by atoms with Crippen LogP contribution in [0.25, 0.3) is 11.0 Å². The maximum absolute atomic E-state index is 11.3. The van der Waals surface area contributed by atoms with Crippen LogP contribution in [0.4, 0.5) is 10.6 Å². The monoisotopic (exact) mass is 454 g/mol. The Labute approximate surface area is 190 Å². The van der Waals surface area contributed by atoms with E-state index in [9.17, 15) is 15.2 Å². The number of carbonyl (C=O) groups is 1. The fourth-order valence-corrected chi connectivity index (χ4v) is 4.61. The smallest absolute Gasteiger partial charge is 0.407 e. The van der Waals surface area contributed by atoms with E-state index in [2.05, 4.69) is 16.0 Å². The molecule has 32 heavy (non-hydrogen) atoms. The third-order valence-corrected chi connectivity index (χ3v) is 6.25. The number of halogens is 1. The number of nitrogens with two attached hydrogens (primary N) is 1. The van der Waals surface area contributed by atoms with E-state index in [1.165, 1.54) is 11.2 Å². The van der Waals surface area contributed by atoms with Gasteiger partial charge in [-0.15, -0.1) is 0 Å². The van der Waals surface area contributed by atoms with Crippen molar-refractivity contribution in [2.75, 3.05) is 25.4 Å². The predicted molar refractivity (Wildman–Crippen MR) is 120 cm³/mol. The van der Waals surface area contributed by atoms with Crippen LogP contribution in [0.15, 0.2) is 18.6 Å². The van der Waals surface area contributed by atoms with Crippen molar-refractivity contribution >= 4 is 34.5 Å². The molecule has 4 rings (SSSR count). The molecule has 3 N–H and O–H groups in total. The first-order valence-corrected chi connectivity index (χ1v) is 10.6. The molecule has 0 saturated carbocycles. The molecule has 3 aromatic rings. The molecule has 0 spiro atoms. The highest BCUT2D eigenvalue weighted by Gasteiger charge is 2.37. The number of amides is 1. The van der Waals surface area contributed by atoms with Gasteiger partial charge in [0, 0.05) is 36.3 Å². The Bertz CT molecular complexity index is 1260. The number of nitrogen functional groups attached to an aromatic ring is 1. The number of aromatic nitrogens is 3. The normalized spacial score (nSPS) is 14.8. The topological polar surface area (TPSA) is 130 Å². The molecule has 1 atom stereocenters. The third kappa shape index (κ3) is 3.37. The van der Waals surface area contributed by atoms with E-state index in [0.29, 0.717) is 40.0 Å². The zero-order chi connectivity index (χ0) is 23.2. The molecule has 9 nitrogen and oxygen atoms in total. The number of nitrogens with zero attached hydrogens (tertiary/aromatic N) is 5. The molecule has 1 aromatic carbocycles. The number of hydrogen-bond acceptors (Lipinski definition) is 6. The van der Waals surface area contributed by atoms with Crippen molar-refractivity contribution in [1.82, 2.24) is 19.4 Å². The number of likely N-dealkylation sites (tertiary alicyclic amines) is 1. The van der Waals surface area contributed by atoms with Crippen molar-refractivity contribution in [2.24, 2.45) is 0 Å². The van der Waals surface area contributed by atoms with Gasteiger partial charge in [-0.25, -0.2) is 14.8 Å². The molecule has 1 fully saturated rings. The van der Waals surface area contributed by atoms with Gasteiger partial charge in [0.2, 0.25) is 0 Å². The average Bonchev–Trinajstić information content (AvgIpc) is 3.05. The molecule has 1 saturated heterocycles. The summed E-state index contributed by atoms with van der Waals surface area (Å²) < 4.78 is 8.04. The summed E-state index contributed by atoms with van der Waals surface area (Å²) >= 11 is 6.55. The molecule has 166 valence electrons. The van der Waals surface area contributed by atoms with Crippen LogP contribution < -0.4 is 10.5 Å². The van der Waals surface area contributed by atoms with Crippen molar-refractivity contribution < 1.29 is 14.6 Å². The minimum atomic E-state index is -0.986. The maximum atomic E-state index is 11.3. The number of fused-ring (bicyclic) bond motifs is 1. The van der Waals surface area contributed by atoms with E-state index in [1.54, 1.807) is 6.07 Å². The van der Waals surface area contributed by atoms with E-state index >= 15 is 0 Å². The van der Waals surface area contributed by atoms with E-state index in [4.69, 9.17) is 22.1 Å². The van der Waals surface area contributed by atoms with Gasteiger partial charge in [-0.3, -0.25) is 0 Å².